The van der Waals surface area contributed by atoms with Gasteiger partial charge >= 0.3 is 0 Å². The molecule has 2 aliphatic rings. The highest BCUT2D eigenvalue weighted by Crippen LogP contribution is 2.32. The first-order chi connectivity index (χ1) is 8.24. The Kier molecular flexibility index (Phi) is 5.80. The topological polar surface area (TPSA) is 29.5 Å². The Labute approximate surface area is 111 Å². The second kappa shape index (κ2) is 7.12. The molecule has 0 N–H and O–H groups in total. The highest BCUT2D eigenvalue weighted by molar-refractivity contribution is 7.97. The highest BCUT2D eigenvalue weighted by Gasteiger charge is 2.24. The third-order valence-corrected chi connectivity index (χ3v) is 5.36. The summed E-state index contributed by atoms with van der Waals surface area (Å²) in [6.45, 7) is 3.24. The number of nitrogens with zero attached hydrogens (tertiary/aromatic N) is 1. The average molecular weight is 277 g/mol. The van der Waals surface area contributed by atoms with E-state index >= 15 is 0 Å². The van der Waals surface area contributed by atoms with Crippen molar-refractivity contribution in [2.24, 2.45) is 11.8 Å². The molecule has 1 saturated carbocycles. The van der Waals surface area contributed by atoms with Gasteiger partial charge in [-0.2, -0.15) is 0 Å². The average Bonchev–Trinajstić information content (AvgIpc) is 2.81. The van der Waals surface area contributed by atoms with E-state index in [9.17, 15) is 4.21 Å². The zero-order valence-corrected chi connectivity index (χ0v) is 12.2. The largest absolute Gasteiger partial charge is 0.290 e. The molecule has 100 valence electrons. The van der Waals surface area contributed by atoms with Gasteiger partial charge in [0.1, 0.15) is 0 Å². The van der Waals surface area contributed by atoms with Gasteiger partial charge in [0, 0.05) is 25.1 Å². The van der Waals surface area contributed by atoms with Crippen molar-refractivity contribution in [1.82, 2.24) is 4.31 Å². The fourth-order valence-corrected chi connectivity index (χ4v) is 4.18. The SMILES string of the molecule is CS(=O)OCC1CCC(CN2CCCS2)CC1. The second-order valence-corrected chi connectivity index (χ2v) is 7.37. The molecule has 3 nitrogen and oxygen atoms in total. The lowest BCUT2D eigenvalue weighted by Gasteiger charge is -2.30. The molecule has 0 spiro atoms. The molecule has 1 heterocycles. The molecule has 2 fully saturated rings. The third kappa shape index (κ3) is 4.89. The molecule has 17 heavy (non-hydrogen) atoms. The number of hydrogen-bond acceptors (Lipinski definition) is 4. The fourth-order valence-electron chi connectivity index (χ4n) is 2.70. The molecule has 5 heteroatoms. The van der Waals surface area contributed by atoms with Crippen LogP contribution >= 0.6 is 11.9 Å². The minimum absolute atomic E-state index is 0.640. The Hall–Kier alpha value is 0.420. The summed E-state index contributed by atoms with van der Waals surface area (Å²) in [6.07, 6.45) is 8.11. The quantitative estimate of drug-likeness (QED) is 0.722. The first-order valence-corrected chi connectivity index (χ1v) is 9.01. The molecule has 0 radical (unpaired) electrons. The molecule has 0 aromatic carbocycles. The molecule has 2 rings (SSSR count). The van der Waals surface area contributed by atoms with Gasteiger partial charge in [0.25, 0.3) is 0 Å². The molecular formula is C12H23NO2S2. The molecular weight excluding hydrogens is 254 g/mol. The lowest BCUT2D eigenvalue weighted by atomic mass is 9.82. The van der Waals surface area contributed by atoms with Gasteiger partial charge in [-0.05, 0) is 43.9 Å². The van der Waals surface area contributed by atoms with Crippen LogP contribution in [0.1, 0.15) is 32.1 Å². The van der Waals surface area contributed by atoms with E-state index in [1.165, 1.54) is 50.9 Å². The molecule has 1 saturated heterocycles. The first kappa shape index (κ1) is 13.8. The summed E-state index contributed by atoms with van der Waals surface area (Å²) in [4.78, 5) is 0. The van der Waals surface area contributed by atoms with Crippen LogP contribution in [0.3, 0.4) is 0 Å². The predicted molar refractivity (Wildman–Crippen MR) is 74.1 cm³/mol. The summed E-state index contributed by atoms with van der Waals surface area (Å²) in [5, 5.41) is 0. The van der Waals surface area contributed by atoms with Gasteiger partial charge in [0.05, 0.1) is 6.61 Å². The molecule has 1 unspecified atom stereocenters. The van der Waals surface area contributed by atoms with Crippen molar-refractivity contribution < 1.29 is 8.39 Å². The maximum absolute atomic E-state index is 10.9. The van der Waals surface area contributed by atoms with Crippen molar-refractivity contribution in [3.05, 3.63) is 0 Å². The van der Waals surface area contributed by atoms with Crippen molar-refractivity contribution >= 4 is 23.0 Å². The van der Waals surface area contributed by atoms with Gasteiger partial charge in [-0.3, -0.25) is 8.49 Å². The normalized spacial score (nSPS) is 32.8. The van der Waals surface area contributed by atoms with Crippen LogP contribution in [-0.4, -0.2) is 40.2 Å². The molecule has 0 bridgehead atoms. The van der Waals surface area contributed by atoms with E-state index in [1.807, 2.05) is 11.9 Å². The molecule has 0 amide bonds. The van der Waals surface area contributed by atoms with E-state index in [1.54, 1.807) is 6.26 Å². The van der Waals surface area contributed by atoms with E-state index in [4.69, 9.17) is 4.18 Å². The van der Waals surface area contributed by atoms with E-state index in [0.717, 1.165) is 5.92 Å². The van der Waals surface area contributed by atoms with Gasteiger partial charge in [0.15, 0.2) is 11.1 Å². The number of hydrogen-bond donors (Lipinski definition) is 0. The third-order valence-electron chi connectivity index (χ3n) is 3.72. The van der Waals surface area contributed by atoms with Crippen LogP contribution in [0.4, 0.5) is 0 Å². The van der Waals surface area contributed by atoms with Gasteiger partial charge in [-0.1, -0.05) is 11.9 Å². The Morgan fingerprint density at radius 3 is 2.59 bits per heavy atom. The van der Waals surface area contributed by atoms with E-state index < -0.39 is 11.1 Å². The smallest absolute Gasteiger partial charge is 0.152 e. The molecule has 1 aliphatic heterocycles. The van der Waals surface area contributed by atoms with Gasteiger partial charge < -0.3 is 0 Å². The van der Waals surface area contributed by atoms with Crippen molar-refractivity contribution in [2.75, 3.05) is 31.7 Å². The summed E-state index contributed by atoms with van der Waals surface area (Å²) >= 11 is 0.928. The molecule has 0 aromatic rings. The lowest BCUT2D eigenvalue weighted by molar-refractivity contribution is 0.184. The summed E-state index contributed by atoms with van der Waals surface area (Å²) < 4.78 is 18.6. The van der Waals surface area contributed by atoms with Crippen LogP contribution in [0.5, 0.6) is 0 Å². The highest BCUT2D eigenvalue weighted by atomic mass is 32.2. The van der Waals surface area contributed by atoms with Crippen molar-refractivity contribution in [1.29, 1.82) is 0 Å². The van der Waals surface area contributed by atoms with Crippen LogP contribution in [0.15, 0.2) is 0 Å². The first-order valence-electron chi connectivity index (χ1n) is 6.58. The van der Waals surface area contributed by atoms with Gasteiger partial charge in [0.2, 0.25) is 0 Å². The van der Waals surface area contributed by atoms with Crippen molar-refractivity contribution in [2.45, 2.75) is 32.1 Å². The Morgan fingerprint density at radius 2 is 2.00 bits per heavy atom. The van der Waals surface area contributed by atoms with Crippen LogP contribution in [0, 0.1) is 11.8 Å². The van der Waals surface area contributed by atoms with E-state index in [-0.39, 0.29) is 0 Å². The second-order valence-electron chi connectivity index (χ2n) is 5.15. The summed E-state index contributed by atoms with van der Waals surface area (Å²) in [5.41, 5.74) is 0. The lowest BCUT2D eigenvalue weighted by Crippen LogP contribution is -2.26. The monoisotopic (exact) mass is 277 g/mol. The molecule has 0 aromatic heterocycles. The van der Waals surface area contributed by atoms with Gasteiger partial charge in [-0.25, -0.2) is 4.21 Å². The fraction of sp³-hybridized carbons (Fsp3) is 1.00. The molecule has 1 atom stereocenters. The Bertz CT molecular complexity index is 249. The Balaban J connectivity index is 1.61. The van der Waals surface area contributed by atoms with Crippen LogP contribution < -0.4 is 0 Å². The maximum atomic E-state index is 10.9. The summed E-state index contributed by atoms with van der Waals surface area (Å²) in [6, 6.07) is 0. The maximum Gasteiger partial charge on any atom is 0.152 e. The van der Waals surface area contributed by atoms with Crippen molar-refractivity contribution in [3.8, 4) is 0 Å². The Morgan fingerprint density at radius 1 is 1.29 bits per heavy atom. The zero-order valence-electron chi connectivity index (χ0n) is 10.6. The van der Waals surface area contributed by atoms with Crippen molar-refractivity contribution in [3.63, 3.8) is 0 Å². The molecule has 1 aliphatic carbocycles. The minimum Gasteiger partial charge on any atom is -0.290 e. The number of rotatable bonds is 5. The van der Waals surface area contributed by atoms with Gasteiger partial charge in [-0.15, -0.1) is 0 Å². The predicted octanol–water partition coefficient (Wildman–Crippen LogP) is 2.46. The minimum atomic E-state index is -1.09. The summed E-state index contributed by atoms with van der Waals surface area (Å²) in [7, 11) is 0. The van der Waals surface area contributed by atoms with Crippen LogP contribution in [-0.2, 0) is 15.3 Å². The van der Waals surface area contributed by atoms with E-state index in [2.05, 4.69) is 4.31 Å². The zero-order chi connectivity index (χ0) is 12.1. The van der Waals surface area contributed by atoms with Crippen LogP contribution in [0.25, 0.3) is 0 Å². The van der Waals surface area contributed by atoms with E-state index in [0.29, 0.717) is 12.5 Å². The standard InChI is InChI=1S/C12H23NO2S2/c1-17(14)15-10-12-5-3-11(4-6-12)9-13-7-2-8-16-13/h11-12H,2-10H2,1H3. The summed E-state index contributed by atoms with van der Waals surface area (Å²) in [5.74, 6) is 2.83. The van der Waals surface area contributed by atoms with Crippen LogP contribution in [0.2, 0.25) is 0 Å².